The van der Waals surface area contributed by atoms with Gasteiger partial charge in [0.15, 0.2) is 5.75 Å². The van der Waals surface area contributed by atoms with Gasteiger partial charge in [-0.1, -0.05) is 48.9 Å². The summed E-state index contributed by atoms with van der Waals surface area (Å²) >= 11 is 0. The van der Waals surface area contributed by atoms with Gasteiger partial charge in [-0.25, -0.2) is 0 Å². The molecule has 9 heteroatoms. The first-order valence-electron chi connectivity index (χ1n) is 17.7. The van der Waals surface area contributed by atoms with Crippen LogP contribution in [0.15, 0.2) is 97.5 Å². The largest absolute Gasteiger partial charge is 0.493 e. The van der Waals surface area contributed by atoms with Crippen molar-refractivity contribution >= 4 is 10.9 Å². The average molecular weight is 666 g/mol. The molecular formula is C41H41N6O3+. The Kier molecular flexibility index (Phi) is 7.94. The Morgan fingerprint density at radius 2 is 1.84 bits per heavy atom. The summed E-state index contributed by atoms with van der Waals surface area (Å²) in [6.07, 6.45) is 11.0. The van der Waals surface area contributed by atoms with Crippen LogP contribution in [0, 0.1) is 0 Å². The molecule has 9 rings (SSSR count). The van der Waals surface area contributed by atoms with Crippen molar-refractivity contribution in [1.82, 2.24) is 20.1 Å². The molecule has 0 saturated carbocycles. The van der Waals surface area contributed by atoms with Crippen LogP contribution in [0.3, 0.4) is 0 Å². The Bertz CT molecular complexity index is 2210. The molecule has 2 aliphatic heterocycles. The van der Waals surface area contributed by atoms with Crippen molar-refractivity contribution in [2.24, 2.45) is 12.8 Å². The molecule has 0 amide bonds. The number of aryl methyl sites for hydroxylation is 1. The monoisotopic (exact) mass is 665 g/mol. The molecule has 0 spiro atoms. The van der Waals surface area contributed by atoms with Crippen molar-refractivity contribution in [3.8, 4) is 45.5 Å². The second-order valence-corrected chi connectivity index (χ2v) is 13.7. The van der Waals surface area contributed by atoms with Gasteiger partial charge >= 0.3 is 11.7 Å². The van der Waals surface area contributed by atoms with E-state index in [0.29, 0.717) is 18.5 Å². The number of benzene rings is 3. The van der Waals surface area contributed by atoms with Crippen molar-refractivity contribution in [3.63, 3.8) is 0 Å². The Labute approximate surface area is 291 Å². The van der Waals surface area contributed by atoms with E-state index in [9.17, 15) is 0 Å². The number of fused-ring (bicyclic) bond motifs is 3. The average Bonchev–Trinajstić information content (AvgIpc) is 3.87. The van der Waals surface area contributed by atoms with E-state index >= 15 is 0 Å². The van der Waals surface area contributed by atoms with E-state index in [1.54, 1.807) is 0 Å². The smallest absolute Gasteiger partial charge is 0.332 e. The molecule has 50 heavy (non-hydrogen) atoms. The third-order valence-electron chi connectivity index (χ3n) is 10.4. The summed E-state index contributed by atoms with van der Waals surface area (Å²) in [6.45, 7) is 2.31. The lowest BCUT2D eigenvalue weighted by Crippen LogP contribution is -2.38. The van der Waals surface area contributed by atoms with E-state index in [2.05, 4.69) is 94.0 Å². The number of nitrogens with one attached hydrogen (secondary N) is 1. The molecule has 3 aromatic carbocycles. The van der Waals surface area contributed by atoms with Crippen LogP contribution < -0.4 is 29.8 Å². The van der Waals surface area contributed by atoms with Gasteiger partial charge in [-0.15, -0.1) is 0 Å². The number of hydrogen-bond donors (Lipinski definition) is 2. The molecule has 0 radical (unpaired) electrons. The van der Waals surface area contributed by atoms with Crippen molar-refractivity contribution in [2.75, 3.05) is 19.8 Å². The summed E-state index contributed by atoms with van der Waals surface area (Å²) in [7, 11) is 1.97. The maximum Gasteiger partial charge on any atom is 0.332 e. The third-order valence-corrected chi connectivity index (χ3v) is 10.4. The highest BCUT2D eigenvalue weighted by molar-refractivity contribution is 5.84. The summed E-state index contributed by atoms with van der Waals surface area (Å²) in [5.74, 6) is 3.01. The normalized spacial score (nSPS) is 19.6. The maximum absolute atomic E-state index is 6.77. The minimum absolute atomic E-state index is 0.189. The van der Waals surface area contributed by atoms with E-state index in [4.69, 9.17) is 24.9 Å². The maximum atomic E-state index is 6.77. The zero-order valence-corrected chi connectivity index (χ0v) is 28.2. The van der Waals surface area contributed by atoms with Crippen LogP contribution in [0.25, 0.3) is 39.0 Å². The topological polar surface area (TPSA) is 100 Å². The predicted molar refractivity (Wildman–Crippen MR) is 193 cm³/mol. The van der Waals surface area contributed by atoms with E-state index in [1.165, 1.54) is 24.0 Å². The van der Waals surface area contributed by atoms with Crippen LogP contribution in [-0.4, -0.2) is 46.7 Å². The summed E-state index contributed by atoms with van der Waals surface area (Å²) in [6, 6.07) is 27.6. The van der Waals surface area contributed by atoms with Crippen LogP contribution in [-0.2, 0) is 19.9 Å². The number of ether oxygens (including phenoxy) is 3. The number of pyridine rings is 2. The van der Waals surface area contributed by atoms with Crippen LogP contribution in [0.5, 0.6) is 17.4 Å². The Hall–Kier alpha value is -5.25. The summed E-state index contributed by atoms with van der Waals surface area (Å²) in [5, 5.41) is 9.16. The molecule has 5 heterocycles. The first-order chi connectivity index (χ1) is 24.5. The molecule has 0 bridgehead atoms. The van der Waals surface area contributed by atoms with Crippen LogP contribution >= 0.6 is 0 Å². The Morgan fingerprint density at radius 1 is 0.940 bits per heavy atom. The van der Waals surface area contributed by atoms with E-state index in [0.717, 1.165) is 88.5 Å². The van der Waals surface area contributed by atoms with E-state index in [-0.39, 0.29) is 12.1 Å². The zero-order chi connectivity index (χ0) is 33.6. The highest BCUT2D eigenvalue weighted by Gasteiger charge is 2.32. The standard InChI is InChI=1S/C41H41N6O3/c1-46-36-18-27(9-10-30(36)22-44-46)32-17-34(50-38-19-28-6-2-3-8-35(28)41(38)42)24-47(23-32)39-20-31(26-11-12-37-29(16-26)13-15-48-37)21-40(45-39)49-25-33-7-4-5-14-43-33/h2-3,6,8-12,16-18,20-24,33,38,41,43H,4-5,7,13-15,19,25,42H2,1H3/q+1/t33?,38-,41+/m1/s1. The van der Waals surface area contributed by atoms with Gasteiger partial charge in [0.2, 0.25) is 0 Å². The second kappa shape index (κ2) is 12.9. The second-order valence-electron chi connectivity index (χ2n) is 13.7. The zero-order valence-electron chi connectivity index (χ0n) is 28.2. The van der Waals surface area contributed by atoms with E-state index in [1.807, 2.05) is 30.2 Å². The number of hydrogen-bond acceptors (Lipinski definition) is 7. The first kappa shape index (κ1) is 30.8. The van der Waals surface area contributed by atoms with Crippen LogP contribution in [0.2, 0.25) is 0 Å². The van der Waals surface area contributed by atoms with Gasteiger partial charge in [0.25, 0.3) is 0 Å². The molecule has 3 atom stereocenters. The minimum Gasteiger partial charge on any atom is -0.493 e. The Morgan fingerprint density at radius 3 is 2.74 bits per heavy atom. The number of nitrogens with zero attached hydrogens (tertiary/aromatic N) is 4. The van der Waals surface area contributed by atoms with Crippen molar-refractivity contribution < 1.29 is 18.8 Å². The highest BCUT2D eigenvalue weighted by Crippen LogP contribution is 2.35. The SMILES string of the molecule is Cn1ncc2ccc(-c3cc(O[C@@H]4Cc5ccccc5[C@@H]4N)c[n+](-c4cc(-c5ccc6c(c5)CCO6)cc(OCC5CCCCN5)n4)c3)cc21. The summed E-state index contributed by atoms with van der Waals surface area (Å²) in [5.41, 5.74) is 15.6. The molecule has 6 aromatic rings. The van der Waals surface area contributed by atoms with Gasteiger partial charge in [-0.2, -0.15) is 9.67 Å². The molecule has 1 saturated heterocycles. The number of aromatic nitrogens is 4. The van der Waals surface area contributed by atoms with Gasteiger partial charge < -0.3 is 25.3 Å². The fourth-order valence-corrected chi connectivity index (χ4v) is 7.59. The molecule has 1 aliphatic carbocycles. The number of piperidine rings is 1. The molecule has 3 N–H and O–H groups in total. The first-order valence-corrected chi connectivity index (χ1v) is 17.7. The quantitative estimate of drug-likeness (QED) is 0.191. The molecule has 9 nitrogen and oxygen atoms in total. The summed E-state index contributed by atoms with van der Waals surface area (Å²) in [4.78, 5) is 5.09. The third kappa shape index (κ3) is 5.97. The van der Waals surface area contributed by atoms with E-state index < -0.39 is 0 Å². The van der Waals surface area contributed by atoms with Crippen molar-refractivity contribution in [2.45, 2.75) is 50.3 Å². The van der Waals surface area contributed by atoms with Gasteiger partial charge in [-0.3, -0.25) is 4.68 Å². The molecule has 1 unspecified atom stereocenters. The minimum atomic E-state index is -0.215. The van der Waals surface area contributed by atoms with Gasteiger partial charge in [0.1, 0.15) is 30.9 Å². The lowest BCUT2D eigenvalue weighted by molar-refractivity contribution is -0.599. The van der Waals surface area contributed by atoms with Gasteiger partial charge in [0, 0.05) is 49.0 Å². The molecule has 3 aliphatic rings. The molecule has 3 aromatic heterocycles. The lowest BCUT2D eigenvalue weighted by atomic mass is 10.0. The molecular weight excluding hydrogens is 624 g/mol. The molecule has 252 valence electrons. The Balaban J connectivity index is 1.14. The highest BCUT2D eigenvalue weighted by atomic mass is 16.5. The fraction of sp³-hybridized carbons (Fsp3) is 0.293. The van der Waals surface area contributed by atoms with Crippen LogP contribution in [0.4, 0.5) is 0 Å². The van der Waals surface area contributed by atoms with Crippen LogP contribution in [0.1, 0.15) is 42.0 Å². The lowest BCUT2D eigenvalue weighted by Gasteiger charge is -2.22. The number of rotatable bonds is 8. The predicted octanol–water partition coefficient (Wildman–Crippen LogP) is 6.04. The molecule has 1 fully saturated rings. The summed E-state index contributed by atoms with van der Waals surface area (Å²) < 4.78 is 23.0. The number of nitrogens with two attached hydrogens (primary N) is 1. The fourth-order valence-electron chi connectivity index (χ4n) is 7.59. The van der Waals surface area contributed by atoms with Gasteiger partial charge in [-0.05, 0) is 82.0 Å². The van der Waals surface area contributed by atoms with Gasteiger partial charge in [0.05, 0.1) is 24.4 Å². The van der Waals surface area contributed by atoms with Crippen molar-refractivity contribution in [1.29, 1.82) is 0 Å². The van der Waals surface area contributed by atoms with Crippen molar-refractivity contribution in [3.05, 3.63) is 114 Å².